The van der Waals surface area contributed by atoms with Gasteiger partial charge in [0.15, 0.2) is 0 Å². The average molecular weight is 425 g/mol. The number of hydrogen-bond donors (Lipinski definition) is 1. The number of piperidine rings is 1. The first-order valence-electron chi connectivity index (χ1n) is 11.3. The summed E-state index contributed by atoms with van der Waals surface area (Å²) in [6.45, 7) is 5.23. The van der Waals surface area contributed by atoms with Gasteiger partial charge in [0.1, 0.15) is 0 Å². The SMILES string of the molecule is CC(C)C(=O)N1CCC(C(=O)N[C@@H](c2ccc3c(c2)CCCC3)c2cccs2)CC1. The van der Waals surface area contributed by atoms with Crippen molar-refractivity contribution in [3.63, 3.8) is 0 Å². The van der Waals surface area contributed by atoms with E-state index in [1.165, 1.54) is 40.8 Å². The van der Waals surface area contributed by atoms with Gasteiger partial charge >= 0.3 is 0 Å². The standard InChI is InChI=1S/C25H32N2O2S/c1-17(2)25(29)27-13-11-19(12-14-27)24(28)26-23(22-8-5-15-30-22)21-10-9-18-6-3-4-7-20(18)16-21/h5,8-10,15-17,19,23H,3-4,6-7,11-14H2,1-2H3,(H,26,28)/t23-/m0/s1. The molecule has 0 radical (unpaired) electrons. The van der Waals surface area contributed by atoms with Crippen LogP contribution in [-0.2, 0) is 22.4 Å². The molecule has 1 aromatic carbocycles. The van der Waals surface area contributed by atoms with Gasteiger partial charge in [-0.25, -0.2) is 0 Å². The minimum absolute atomic E-state index is 0.0163. The average Bonchev–Trinajstić information content (AvgIpc) is 3.31. The molecule has 1 aliphatic carbocycles. The molecule has 4 nitrogen and oxygen atoms in total. The van der Waals surface area contributed by atoms with E-state index in [1.54, 1.807) is 11.3 Å². The third-order valence-corrected chi connectivity index (χ3v) is 7.43. The maximum Gasteiger partial charge on any atom is 0.225 e. The predicted molar refractivity (Wildman–Crippen MR) is 122 cm³/mol. The molecule has 30 heavy (non-hydrogen) atoms. The summed E-state index contributed by atoms with van der Waals surface area (Å²) < 4.78 is 0. The number of amides is 2. The summed E-state index contributed by atoms with van der Waals surface area (Å²) in [6.07, 6.45) is 6.31. The molecule has 0 bridgehead atoms. The van der Waals surface area contributed by atoms with Gasteiger partial charge in [-0.15, -0.1) is 11.3 Å². The molecule has 4 rings (SSSR count). The van der Waals surface area contributed by atoms with Crippen molar-refractivity contribution in [2.45, 2.75) is 58.4 Å². The van der Waals surface area contributed by atoms with Crippen LogP contribution in [0.3, 0.4) is 0 Å². The predicted octanol–water partition coefficient (Wildman–Crippen LogP) is 4.73. The number of nitrogens with zero attached hydrogens (tertiary/aromatic N) is 1. The van der Waals surface area contributed by atoms with Gasteiger partial charge in [0.25, 0.3) is 0 Å². The monoisotopic (exact) mass is 424 g/mol. The van der Waals surface area contributed by atoms with E-state index in [-0.39, 0.29) is 29.7 Å². The van der Waals surface area contributed by atoms with E-state index in [0.29, 0.717) is 13.1 Å². The highest BCUT2D eigenvalue weighted by molar-refractivity contribution is 7.10. The number of benzene rings is 1. The Morgan fingerprint density at radius 1 is 1.07 bits per heavy atom. The molecule has 2 aromatic rings. The molecule has 0 spiro atoms. The van der Waals surface area contributed by atoms with Crippen molar-refractivity contribution in [2.24, 2.45) is 11.8 Å². The summed E-state index contributed by atoms with van der Waals surface area (Å²) in [4.78, 5) is 28.5. The van der Waals surface area contributed by atoms with E-state index in [2.05, 4.69) is 35.0 Å². The number of likely N-dealkylation sites (tertiary alicyclic amines) is 1. The van der Waals surface area contributed by atoms with Gasteiger partial charge in [-0.1, -0.05) is 38.1 Å². The fourth-order valence-electron chi connectivity index (χ4n) is 4.69. The highest BCUT2D eigenvalue weighted by Gasteiger charge is 2.30. The summed E-state index contributed by atoms with van der Waals surface area (Å²) in [7, 11) is 0. The highest BCUT2D eigenvalue weighted by atomic mass is 32.1. The molecule has 160 valence electrons. The number of thiophene rings is 1. The second kappa shape index (κ2) is 9.34. The number of hydrogen-bond acceptors (Lipinski definition) is 3. The Labute approximate surface area is 183 Å². The Bertz CT molecular complexity index is 883. The molecule has 1 saturated heterocycles. The van der Waals surface area contributed by atoms with Gasteiger partial charge in [0.2, 0.25) is 11.8 Å². The zero-order chi connectivity index (χ0) is 21.1. The summed E-state index contributed by atoms with van der Waals surface area (Å²) >= 11 is 1.69. The molecule has 1 aromatic heterocycles. The number of carbonyl (C=O) groups is 2. The largest absolute Gasteiger partial charge is 0.344 e. The third-order valence-electron chi connectivity index (χ3n) is 6.49. The van der Waals surface area contributed by atoms with Crippen LogP contribution in [0.25, 0.3) is 0 Å². The van der Waals surface area contributed by atoms with Crippen LogP contribution >= 0.6 is 11.3 Å². The van der Waals surface area contributed by atoms with Crippen molar-refractivity contribution >= 4 is 23.2 Å². The first kappa shape index (κ1) is 21.1. The van der Waals surface area contributed by atoms with E-state index < -0.39 is 0 Å². The van der Waals surface area contributed by atoms with Gasteiger partial charge in [0, 0.05) is 29.8 Å². The van der Waals surface area contributed by atoms with Crippen LogP contribution in [0.2, 0.25) is 0 Å². The van der Waals surface area contributed by atoms with Gasteiger partial charge in [0.05, 0.1) is 6.04 Å². The fourth-order valence-corrected chi connectivity index (χ4v) is 5.50. The number of nitrogens with one attached hydrogen (secondary N) is 1. The molecular formula is C25H32N2O2S. The second-order valence-corrected chi connectivity index (χ2v) is 9.93. The van der Waals surface area contributed by atoms with E-state index in [9.17, 15) is 9.59 Å². The number of fused-ring (bicyclic) bond motifs is 1. The lowest BCUT2D eigenvalue weighted by Gasteiger charge is -2.33. The van der Waals surface area contributed by atoms with Crippen LogP contribution in [-0.4, -0.2) is 29.8 Å². The van der Waals surface area contributed by atoms with Crippen LogP contribution in [0, 0.1) is 11.8 Å². The van der Waals surface area contributed by atoms with Gasteiger partial charge in [-0.2, -0.15) is 0 Å². The lowest BCUT2D eigenvalue weighted by molar-refractivity contribution is -0.138. The molecule has 1 atom stereocenters. The van der Waals surface area contributed by atoms with Crippen molar-refractivity contribution in [2.75, 3.05) is 13.1 Å². The fraction of sp³-hybridized carbons (Fsp3) is 0.520. The number of aryl methyl sites for hydroxylation is 2. The van der Waals surface area contributed by atoms with Crippen molar-refractivity contribution in [1.82, 2.24) is 10.2 Å². The maximum atomic E-state index is 13.2. The molecule has 5 heteroatoms. The smallest absolute Gasteiger partial charge is 0.225 e. The molecule has 2 heterocycles. The lowest BCUT2D eigenvalue weighted by Crippen LogP contribution is -2.45. The Hall–Kier alpha value is -2.14. The van der Waals surface area contributed by atoms with Gasteiger partial charge in [-0.3, -0.25) is 9.59 Å². The second-order valence-electron chi connectivity index (χ2n) is 8.95. The van der Waals surface area contributed by atoms with Crippen LogP contribution in [0.4, 0.5) is 0 Å². The summed E-state index contributed by atoms with van der Waals surface area (Å²) in [5.74, 6) is 0.297. The molecule has 1 aliphatic heterocycles. The third kappa shape index (κ3) is 4.61. The van der Waals surface area contributed by atoms with Gasteiger partial charge in [-0.05, 0) is 66.7 Å². The number of rotatable bonds is 5. The molecule has 2 amide bonds. The topological polar surface area (TPSA) is 49.4 Å². The number of carbonyl (C=O) groups excluding carboxylic acids is 2. The minimum Gasteiger partial charge on any atom is -0.344 e. The molecule has 0 unspecified atom stereocenters. The summed E-state index contributed by atoms with van der Waals surface area (Å²) in [5.41, 5.74) is 4.08. The maximum absolute atomic E-state index is 13.2. The van der Waals surface area contributed by atoms with Gasteiger partial charge < -0.3 is 10.2 Å². The van der Waals surface area contributed by atoms with Crippen LogP contribution < -0.4 is 5.32 Å². The Kier molecular flexibility index (Phi) is 6.57. The van der Waals surface area contributed by atoms with E-state index in [0.717, 1.165) is 19.3 Å². The highest BCUT2D eigenvalue weighted by Crippen LogP contribution is 2.31. The van der Waals surface area contributed by atoms with Crippen molar-refractivity contribution in [3.05, 3.63) is 57.3 Å². The molecule has 1 fully saturated rings. The normalized spacial score (nSPS) is 18.2. The molecule has 2 aliphatic rings. The Morgan fingerprint density at radius 3 is 2.47 bits per heavy atom. The minimum atomic E-state index is -0.0972. The first-order valence-corrected chi connectivity index (χ1v) is 12.1. The Morgan fingerprint density at radius 2 is 1.80 bits per heavy atom. The Balaban J connectivity index is 1.47. The van der Waals surface area contributed by atoms with Crippen LogP contribution in [0.1, 0.15) is 67.1 Å². The van der Waals surface area contributed by atoms with E-state index >= 15 is 0 Å². The zero-order valence-electron chi connectivity index (χ0n) is 18.0. The van der Waals surface area contributed by atoms with Crippen LogP contribution in [0.5, 0.6) is 0 Å². The van der Waals surface area contributed by atoms with Crippen molar-refractivity contribution in [1.29, 1.82) is 0 Å². The summed E-state index contributed by atoms with van der Waals surface area (Å²) in [6, 6.07) is 10.8. The zero-order valence-corrected chi connectivity index (χ0v) is 18.8. The molecule has 0 saturated carbocycles. The lowest BCUT2D eigenvalue weighted by atomic mass is 9.88. The quantitative estimate of drug-likeness (QED) is 0.755. The summed E-state index contributed by atoms with van der Waals surface area (Å²) in [5, 5.41) is 5.42. The first-order chi connectivity index (χ1) is 14.5. The molecule has 1 N–H and O–H groups in total. The molecular weight excluding hydrogens is 392 g/mol. The van der Waals surface area contributed by atoms with Crippen molar-refractivity contribution < 1.29 is 9.59 Å². The van der Waals surface area contributed by atoms with E-state index in [1.807, 2.05) is 24.8 Å². The van der Waals surface area contributed by atoms with Crippen molar-refractivity contribution in [3.8, 4) is 0 Å². The van der Waals surface area contributed by atoms with E-state index in [4.69, 9.17) is 0 Å². The van der Waals surface area contributed by atoms with Crippen LogP contribution in [0.15, 0.2) is 35.7 Å².